The van der Waals surface area contributed by atoms with E-state index >= 15 is 0 Å². The number of hydrogen-bond acceptors (Lipinski definition) is 4. The van der Waals surface area contributed by atoms with Crippen LogP contribution in [0.5, 0.6) is 5.88 Å². The molecule has 0 bridgehead atoms. The van der Waals surface area contributed by atoms with Gasteiger partial charge in [-0.1, -0.05) is 37.3 Å². The maximum atomic E-state index is 12.0. The summed E-state index contributed by atoms with van der Waals surface area (Å²) in [7, 11) is 1.50. The molecule has 1 aliphatic rings. The lowest BCUT2D eigenvalue weighted by Gasteiger charge is -2.13. The van der Waals surface area contributed by atoms with Crippen molar-refractivity contribution in [2.45, 2.75) is 44.9 Å². The van der Waals surface area contributed by atoms with Gasteiger partial charge in [0.05, 0.1) is 7.11 Å². The van der Waals surface area contributed by atoms with Crippen LogP contribution in [-0.2, 0) is 4.79 Å². The molecular weight excluding hydrogens is 278 g/mol. The van der Waals surface area contributed by atoms with Crippen molar-refractivity contribution >= 4 is 23.5 Å². The second kappa shape index (κ2) is 7.43. The summed E-state index contributed by atoms with van der Waals surface area (Å²) in [4.78, 5) is 20.1. The Morgan fingerprint density at radius 1 is 1.35 bits per heavy atom. The van der Waals surface area contributed by atoms with Crippen LogP contribution in [0.25, 0.3) is 0 Å². The summed E-state index contributed by atoms with van der Waals surface area (Å²) in [6.07, 6.45) is 7.80. The molecule has 1 saturated carbocycles. The molecule has 1 aromatic rings. The monoisotopic (exact) mass is 297 g/mol. The molecule has 1 aliphatic carbocycles. The molecule has 110 valence electrons. The van der Waals surface area contributed by atoms with E-state index in [2.05, 4.69) is 15.3 Å². The van der Waals surface area contributed by atoms with Crippen molar-refractivity contribution in [3.8, 4) is 5.88 Å². The van der Waals surface area contributed by atoms with Crippen molar-refractivity contribution in [1.29, 1.82) is 0 Å². The van der Waals surface area contributed by atoms with Gasteiger partial charge in [-0.05, 0) is 18.8 Å². The Balaban J connectivity index is 1.91. The van der Waals surface area contributed by atoms with E-state index in [0.717, 1.165) is 12.8 Å². The first kappa shape index (κ1) is 15.0. The van der Waals surface area contributed by atoms with E-state index in [1.165, 1.54) is 38.9 Å². The average Bonchev–Trinajstić information content (AvgIpc) is 2.66. The number of hydrogen-bond donors (Lipinski definition) is 1. The fourth-order valence-corrected chi connectivity index (χ4v) is 2.74. The Morgan fingerprint density at radius 3 is 2.70 bits per heavy atom. The van der Waals surface area contributed by atoms with Gasteiger partial charge in [0, 0.05) is 12.5 Å². The number of amides is 1. The zero-order chi connectivity index (χ0) is 14.4. The molecule has 0 unspecified atom stereocenters. The molecule has 1 N–H and O–H groups in total. The van der Waals surface area contributed by atoms with Crippen LogP contribution in [0.2, 0.25) is 5.15 Å². The number of carbonyl (C=O) groups is 1. The summed E-state index contributed by atoms with van der Waals surface area (Å²) >= 11 is 5.84. The maximum absolute atomic E-state index is 12.0. The van der Waals surface area contributed by atoms with E-state index in [4.69, 9.17) is 16.3 Å². The van der Waals surface area contributed by atoms with Crippen LogP contribution in [-0.4, -0.2) is 23.0 Å². The summed E-state index contributed by atoms with van der Waals surface area (Å²) in [5.74, 6) is 0.961. The van der Waals surface area contributed by atoms with Gasteiger partial charge in [0.2, 0.25) is 17.7 Å². The summed E-state index contributed by atoms with van der Waals surface area (Å²) < 4.78 is 5.00. The topological polar surface area (TPSA) is 64.1 Å². The molecule has 0 atom stereocenters. The Labute approximate surface area is 124 Å². The number of aromatic nitrogens is 2. The van der Waals surface area contributed by atoms with Crippen molar-refractivity contribution in [3.63, 3.8) is 0 Å². The first-order valence-electron chi connectivity index (χ1n) is 7.06. The number of nitrogens with zero attached hydrogens (tertiary/aromatic N) is 2. The maximum Gasteiger partial charge on any atom is 0.234 e. The van der Waals surface area contributed by atoms with E-state index in [-0.39, 0.29) is 17.0 Å². The summed E-state index contributed by atoms with van der Waals surface area (Å²) in [6.45, 7) is 0. The van der Waals surface area contributed by atoms with Crippen molar-refractivity contribution in [3.05, 3.63) is 11.2 Å². The highest BCUT2D eigenvalue weighted by Gasteiger charge is 2.17. The third-order valence-electron chi connectivity index (χ3n) is 3.58. The lowest BCUT2D eigenvalue weighted by atomic mass is 9.96. The zero-order valence-corrected chi connectivity index (χ0v) is 12.4. The molecule has 1 aromatic heterocycles. The summed E-state index contributed by atoms with van der Waals surface area (Å²) in [5, 5.41) is 2.95. The van der Waals surface area contributed by atoms with Gasteiger partial charge in [-0.15, -0.1) is 0 Å². The highest BCUT2D eigenvalue weighted by molar-refractivity contribution is 6.29. The minimum Gasteiger partial charge on any atom is -0.481 e. The van der Waals surface area contributed by atoms with Gasteiger partial charge >= 0.3 is 0 Å². The van der Waals surface area contributed by atoms with E-state index in [1.54, 1.807) is 0 Å². The number of rotatable bonds is 4. The van der Waals surface area contributed by atoms with Crippen LogP contribution in [0, 0.1) is 5.92 Å². The quantitative estimate of drug-likeness (QED) is 0.683. The van der Waals surface area contributed by atoms with Gasteiger partial charge in [-0.25, -0.2) is 4.98 Å². The van der Waals surface area contributed by atoms with Crippen molar-refractivity contribution < 1.29 is 9.53 Å². The Hall–Kier alpha value is -1.36. The Morgan fingerprint density at radius 2 is 2.05 bits per heavy atom. The Kier molecular flexibility index (Phi) is 5.59. The normalized spacial score (nSPS) is 16.5. The third kappa shape index (κ3) is 4.63. The molecule has 0 radical (unpaired) electrons. The summed E-state index contributed by atoms with van der Waals surface area (Å²) in [5.41, 5.74) is 0. The van der Waals surface area contributed by atoms with Crippen LogP contribution in [0.15, 0.2) is 6.07 Å². The van der Waals surface area contributed by atoms with Crippen molar-refractivity contribution in [1.82, 2.24) is 9.97 Å². The zero-order valence-electron chi connectivity index (χ0n) is 11.7. The molecule has 0 aromatic carbocycles. The van der Waals surface area contributed by atoms with Gasteiger partial charge in [0.15, 0.2) is 0 Å². The molecule has 6 heteroatoms. The minimum atomic E-state index is -0.0544. The van der Waals surface area contributed by atoms with Gasteiger partial charge < -0.3 is 4.74 Å². The van der Waals surface area contributed by atoms with Gasteiger partial charge in [-0.2, -0.15) is 4.98 Å². The van der Waals surface area contributed by atoms with Crippen molar-refractivity contribution in [2.24, 2.45) is 5.92 Å². The fraction of sp³-hybridized carbons (Fsp3) is 0.643. The highest BCUT2D eigenvalue weighted by Crippen LogP contribution is 2.25. The van der Waals surface area contributed by atoms with Crippen molar-refractivity contribution in [2.75, 3.05) is 12.4 Å². The number of carbonyl (C=O) groups excluding carboxylic acids is 1. The first-order valence-corrected chi connectivity index (χ1v) is 7.43. The molecule has 5 nitrogen and oxygen atoms in total. The molecule has 1 amide bonds. The van der Waals surface area contributed by atoms with E-state index < -0.39 is 0 Å². The molecule has 0 spiro atoms. The van der Waals surface area contributed by atoms with Gasteiger partial charge in [0.1, 0.15) is 5.15 Å². The lowest BCUT2D eigenvalue weighted by molar-refractivity contribution is -0.117. The van der Waals surface area contributed by atoms with Gasteiger partial charge in [-0.3, -0.25) is 10.1 Å². The Bertz CT molecular complexity index is 460. The van der Waals surface area contributed by atoms with Crippen LogP contribution in [0.1, 0.15) is 44.9 Å². The fourth-order valence-electron chi connectivity index (χ4n) is 2.56. The SMILES string of the molecule is COc1cc(Cl)nc(NC(=O)CC2CCCCCC2)n1. The molecule has 1 heterocycles. The number of anilines is 1. The van der Waals surface area contributed by atoms with Gasteiger partial charge in [0.25, 0.3) is 0 Å². The minimum absolute atomic E-state index is 0.0544. The third-order valence-corrected chi connectivity index (χ3v) is 3.77. The standard InChI is InChI=1S/C14H20ClN3O2/c1-20-13-9-11(15)16-14(18-13)17-12(19)8-10-6-4-2-3-5-7-10/h9-10H,2-8H2,1H3,(H,16,17,18,19). The summed E-state index contributed by atoms with van der Waals surface area (Å²) in [6, 6.07) is 1.50. The molecule has 20 heavy (non-hydrogen) atoms. The molecule has 0 aliphatic heterocycles. The van der Waals surface area contributed by atoms with E-state index in [1.807, 2.05) is 0 Å². The van der Waals surface area contributed by atoms with Crippen LogP contribution in [0.4, 0.5) is 5.95 Å². The number of halogens is 1. The van der Waals surface area contributed by atoms with Crippen LogP contribution >= 0.6 is 11.6 Å². The largest absolute Gasteiger partial charge is 0.481 e. The highest BCUT2D eigenvalue weighted by atomic mass is 35.5. The predicted octanol–water partition coefficient (Wildman–Crippen LogP) is 3.44. The predicted molar refractivity (Wildman–Crippen MR) is 78.0 cm³/mol. The van der Waals surface area contributed by atoms with Crippen LogP contribution in [0.3, 0.4) is 0 Å². The number of methoxy groups -OCH3 is 1. The molecule has 1 fully saturated rings. The lowest BCUT2D eigenvalue weighted by Crippen LogP contribution is -2.18. The van der Waals surface area contributed by atoms with Crippen LogP contribution < -0.4 is 10.1 Å². The smallest absolute Gasteiger partial charge is 0.234 e. The van der Waals surface area contributed by atoms with E-state index in [9.17, 15) is 4.79 Å². The van der Waals surface area contributed by atoms with E-state index in [0.29, 0.717) is 18.2 Å². The average molecular weight is 298 g/mol. The number of nitrogens with one attached hydrogen (secondary N) is 1. The second-order valence-electron chi connectivity index (χ2n) is 5.17. The molecule has 0 saturated heterocycles. The number of ether oxygens (including phenoxy) is 1. The first-order chi connectivity index (χ1) is 9.67. The molecule has 2 rings (SSSR count). The second-order valence-corrected chi connectivity index (χ2v) is 5.55. The molecular formula is C14H20ClN3O2.